The van der Waals surface area contributed by atoms with Crippen molar-refractivity contribution >= 4 is 38.1 Å². The monoisotopic (exact) mass is 390 g/mol. The molecule has 0 atom stereocenters. The number of carbonyl (C=O) groups excluding carboxylic acids is 2. The molecule has 122 valence electrons. The predicted molar refractivity (Wildman–Crippen MR) is 100 cm³/mol. The van der Waals surface area contributed by atoms with Gasteiger partial charge in [-0.25, -0.2) is 0 Å². The van der Waals surface area contributed by atoms with Gasteiger partial charge in [0, 0.05) is 0 Å². The fraction of sp³-hybridized carbons (Fsp3) is 0. The quantitative estimate of drug-likeness (QED) is 0.379. The Balaban J connectivity index is 2.63. The van der Waals surface area contributed by atoms with E-state index >= 15 is 0 Å². The summed E-state index contributed by atoms with van der Waals surface area (Å²) in [5.74, 6) is 0. The van der Waals surface area contributed by atoms with Crippen molar-refractivity contribution < 1.29 is 9.59 Å². The molecule has 0 fully saturated rings. The topological polar surface area (TPSA) is 58.9 Å². The third-order valence-electron chi connectivity index (χ3n) is 4.21. The van der Waals surface area contributed by atoms with Gasteiger partial charge in [0.1, 0.15) is 0 Å². The zero-order valence-electron chi connectivity index (χ0n) is 13.3. The number of hydrogen-bond donors (Lipinski definition) is 0. The van der Waals surface area contributed by atoms with Crippen LogP contribution in [0.3, 0.4) is 0 Å². The molecule has 0 aliphatic carbocycles. The fourth-order valence-corrected chi connectivity index (χ4v) is 11.8. The molecule has 0 heterocycles. The van der Waals surface area contributed by atoms with Crippen LogP contribution in [0.1, 0.15) is 0 Å². The zero-order chi connectivity index (χ0) is 17.6. The average Bonchev–Trinajstić information content (AvgIpc) is 2.70. The summed E-state index contributed by atoms with van der Waals surface area (Å²) in [5, 5.41) is 0. The molecule has 0 N–H and O–H groups in total. The molecule has 0 aromatic heterocycles. The summed E-state index contributed by atoms with van der Waals surface area (Å²) < 4.78 is 10.8. The summed E-state index contributed by atoms with van der Waals surface area (Å²) in [5.41, 5.74) is 0. The van der Waals surface area contributed by atoms with Crippen LogP contribution in [0.25, 0.3) is 0 Å². The summed E-state index contributed by atoms with van der Waals surface area (Å²) in [6.45, 7) is 0. The van der Waals surface area contributed by atoms with Crippen LogP contribution in [0, 0.1) is 0 Å². The molecule has 0 saturated carbocycles. The van der Waals surface area contributed by atoms with Gasteiger partial charge in [0.2, 0.25) is 0 Å². The van der Waals surface area contributed by atoms with E-state index in [1.165, 1.54) is 0 Å². The Labute approximate surface area is 146 Å². The molecule has 25 heavy (non-hydrogen) atoms. The average molecular weight is 390 g/mol. The van der Waals surface area contributed by atoms with Gasteiger partial charge in [-0.05, 0) is 0 Å². The standard InChI is InChI=1S/C20H15AsN2O2/c24-16-22-21(23-17-25,18-10-4-1-5-11-18,19-12-6-2-7-13-19)20-14-8-3-9-15-20/h1-15H. The van der Waals surface area contributed by atoms with E-state index in [-0.39, 0.29) is 0 Å². The van der Waals surface area contributed by atoms with E-state index in [9.17, 15) is 9.59 Å². The van der Waals surface area contributed by atoms with Gasteiger partial charge in [0.25, 0.3) is 0 Å². The van der Waals surface area contributed by atoms with Gasteiger partial charge in [-0.2, -0.15) is 0 Å². The minimum atomic E-state index is -4.81. The molecule has 0 aliphatic rings. The Morgan fingerprint density at radius 1 is 0.520 bits per heavy atom. The summed E-state index contributed by atoms with van der Waals surface area (Å²) >= 11 is -4.81. The second kappa shape index (κ2) is 6.84. The minimum absolute atomic E-state index is 0.727. The molecule has 0 spiro atoms. The molecule has 3 rings (SSSR count). The van der Waals surface area contributed by atoms with Crippen LogP contribution in [0.15, 0.2) is 98.8 Å². The normalized spacial score (nSPS) is 12.1. The van der Waals surface area contributed by atoms with Crippen LogP contribution in [0.5, 0.6) is 0 Å². The summed E-state index contributed by atoms with van der Waals surface area (Å²) in [4.78, 5) is 23.2. The molecular weight excluding hydrogens is 375 g/mol. The molecular formula is C20H15AsN2O2. The van der Waals surface area contributed by atoms with Crippen molar-refractivity contribution in [1.82, 2.24) is 0 Å². The zero-order valence-corrected chi connectivity index (χ0v) is 15.2. The van der Waals surface area contributed by atoms with Crippen molar-refractivity contribution in [2.75, 3.05) is 0 Å². The number of benzene rings is 3. The molecule has 0 unspecified atom stereocenters. The van der Waals surface area contributed by atoms with Crippen LogP contribution in [0.2, 0.25) is 0 Å². The fourth-order valence-electron chi connectivity index (χ4n) is 3.11. The van der Waals surface area contributed by atoms with Crippen molar-refractivity contribution in [2.24, 2.45) is 7.82 Å². The number of nitrogens with zero attached hydrogens (tertiary/aromatic N) is 2. The molecule has 0 radical (unpaired) electrons. The maximum atomic E-state index is 11.6. The van der Waals surface area contributed by atoms with Crippen LogP contribution in [-0.4, -0.2) is 25.1 Å². The molecule has 4 nitrogen and oxygen atoms in total. The molecule has 0 aliphatic heterocycles. The van der Waals surface area contributed by atoms with Crippen molar-refractivity contribution in [3.8, 4) is 0 Å². The number of hydrogen-bond acceptors (Lipinski definition) is 4. The second-order valence-corrected chi connectivity index (χ2v) is 13.8. The summed E-state index contributed by atoms with van der Waals surface area (Å²) in [6, 6.07) is 27.8. The summed E-state index contributed by atoms with van der Waals surface area (Å²) in [6.07, 6.45) is 3.42. The Morgan fingerprint density at radius 2 is 0.800 bits per heavy atom. The molecule has 5 heteroatoms. The van der Waals surface area contributed by atoms with Gasteiger partial charge >= 0.3 is 147 Å². The molecule has 3 aromatic rings. The third-order valence-corrected chi connectivity index (χ3v) is 14.2. The van der Waals surface area contributed by atoms with Crippen LogP contribution >= 0.6 is 0 Å². The molecule has 3 aromatic carbocycles. The Kier molecular flexibility index (Phi) is 4.61. The van der Waals surface area contributed by atoms with E-state index in [1.54, 1.807) is 12.2 Å². The first kappa shape index (κ1) is 16.8. The van der Waals surface area contributed by atoms with Gasteiger partial charge in [-0.1, -0.05) is 0 Å². The van der Waals surface area contributed by atoms with Crippen molar-refractivity contribution in [3.63, 3.8) is 0 Å². The Morgan fingerprint density at radius 3 is 1.04 bits per heavy atom. The first-order valence-corrected chi connectivity index (χ1v) is 12.2. The van der Waals surface area contributed by atoms with Crippen molar-refractivity contribution in [3.05, 3.63) is 91.0 Å². The molecule has 0 amide bonds. The van der Waals surface area contributed by atoms with Crippen LogP contribution in [0.4, 0.5) is 0 Å². The predicted octanol–water partition coefficient (Wildman–Crippen LogP) is 1.78. The van der Waals surface area contributed by atoms with E-state index in [1.807, 2.05) is 91.0 Å². The number of isocyanates is 2. The van der Waals surface area contributed by atoms with Crippen molar-refractivity contribution in [2.45, 2.75) is 0 Å². The van der Waals surface area contributed by atoms with Gasteiger partial charge in [0.05, 0.1) is 0 Å². The number of rotatable bonds is 5. The van der Waals surface area contributed by atoms with E-state index in [2.05, 4.69) is 7.82 Å². The third kappa shape index (κ3) is 2.50. The molecule has 0 saturated heterocycles. The van der Waals surface area contributed by atoms with E-state index < -0.39 is 12.9 Å². The Hall–Kier alpha value is -3.02. The second-order valence-electron chi connectivity index (χ2n) is 5.41. The first-order chi connectivity index (χ1) is 12.3. The van der Waals surface area contributed by atoms with E-state index in [0.29, 0.717) is 0 Å². The van der Waals surface area contributed by atoms with Crippen molar-refractivity contribution in [1.29, 1.82) is 0 Å². The van der Waals surface area contributed by atoms with Crippen LogP contribution < -0.4 is 13.1 Å². The maximum absolute atomic E-state index is 11.6. The summed E-state index contributed by atoms with van der Waals surface area (Å²) in [7, 11) is 0. The van der Waals surface area contributed by atoms with E-state index in [0.717, 1.165) is 13.1 Å². The van der Waals surface area contributed by atoms with Crippen LogP contribution in [-0.2, 0) is 9.59 Å². The molecule has 0 bridgehead atoms. The first-order valence-electron chi connectivity index (χ1n) is 7.66. The van der Waals surface area contributed by atoms with Gasteiger partial charge in [-0.15, -0.1) is 0 Å². The van der Waals surface area contributed by atoms with E-state index in [4.69, 9.17) is 0 Å². The van der Waals surface area contributed by atoms with Gasteiger partial charge in [0.15, 0.2) is 0 Å². The Bertz CT molecular complexity index is 841. The van der Waals surface area contributed by atoms with Gasteiger partial charge in [-0.3, -0.25) is 0 Å². The van der Waals surface area contributed by atoms with Gasteiger partial charge < -0.3 is 0 Å². The SMILES string of the molecule is O=C=N[As](N=C=O)(c1ccccc1)(c1ccccc1)c1ccccc1.